The zero-order valence-electron chi connectivity index (χ0n) is 16.8. The van der Waals surface area contributed by atoms with Crippen molar-refractivity contribution in [1.82, 2.24) is 19.4 Å². The highest BCUT2D eigenvalue weighted by molar-refractivity contribution is 7.91. The molecule has 3 rings (SSSR count). The third kappa shape index (κ3) is 5.33. The molecule has 2 fully saturated rings. The van der Waals surface area contributed by atoms with Gasteiger partial charge < -0.3 is 10.2 Å². The molecule has 0 aromatic carbocycles. The molecule has 0 saturated carbocycles. The van der Waals surface area contributed by atoms with Crippen LogP contribution in [0.1, 0.15) is 19.8 Å². The summed E-state index contributed by atoms with van der Waals surface area (Å²) >= 11 is 1.26. The summed E-state index contributed by atoms with van der Waals surface area (Å²) in [6, 6.07) is 3.42. The number of piperazine rings is 1. The molecule has 1 N–H and O–H groups in total. The van der Waals surface area contributed by atoms with Crippen molar-refractivity contribution in [2.75, 3.05) is 59.4 Å². The van der Waals surface area contributed by atoms with Crippen LogP contribution >= 0.6 is 11.3 Å². The second kappa shape index (κ2) is 9.67. The smallest absolute Gasteiger partial charge is 0.252 e. The van der Waals surface area contributed by atoms with Gasteiger partial charge in [0, 0.05) is 58.3 Å². The molecule has 3 heterocycles. The van der Waals surface area contributed by atoms with Crippen LogP contribution in [-0.4, -0.2) is 87.8 Å². The Bertz CT molecular complexity index is 722. The Labute approximate surface area is 172 Å². The highest BCUT2D eigenvalue weighted by Gasteiger charge is 2.33. The number of nitrogens with one attached hydrogen (secondary N) is 1. The molecule has 0 aliphatic carbocycles. The van der Waals surface area contributed by atoms with Gasteiger partial charge >= 0.3 is 0 Å². The summed E-state index contributed by atoms with van der Waals surface area (Å²) in [6.45, 7) is 8.79. The van der Waals surface area contributed by atoms with Crippen molar-refractivity contribution in [3.05, 3.63) is 17.5 Å². The topological polar surface area (TPSA) is 73.0 Å². The lowest BCUT2D eigenvalue weighted by atomic mass is 9.85. The number of thiophene rings is 1. The second-order valence-corrected chi connectivity index (χ2v) is 11.0. The Kier molecular flexibility index (Phi) is 7.49. The van der Waals surface area contributed by atoms with E-state index < -0.39 is 10.0 Å². The molecule has 2 saturated heterocycles. The van der Waals surface area contributed by atoms with E-state index in [1.807, 2.05) is 6.92 Å². The number of likely N-dealkylation sites (N-methyl/N-ethyl adjacent to an activating group) is 1. The summed E-state index contributed by atoms with van der Waals surface area (Å²) in [4.78, 5) is 17.2. The largest absolute Gasteiger partial charge is 0.355 e. The van der Waals surface area contributed by atoms with Crippen molar-refractivity contribution < 1.29 is 13.2 Å². The predicted molar refractivity (Wildman–Crippen MR) is 112 cm³/mol. The van der Waals surface area contributed by atoms with Crippen LogP contribution < -0.4 is 5.32 Å². The molecule has 1 aromatic heterocycles. The lowest BCUT2D eigenvalue weighted by Gasteiger charge is -2.34. The number of amides is 1. The number of nitrogens with zero attached hydrogens (tertiary/aromatic N) is 3. The van der Waals surface area contributed by atoms with E-state index in [2.05, 4.69) is 22.2 Å². The minimum absolute atomic E-state index is 0.0842. The standard InChI is InChI=1S/C19H32N4O3S2/c1-16(19(24)20-7-10-22-13-11-21(2)12-14-22)17-5-8-23(9-6-17)28(25,26)18-4-3-15-27-18/h3-4,15-17H,5-14H2,1-2H3,(H,20,24). The summed E-state index contributed by atoms with van der Waals surface area (Å²) in [5.74, 6) is 0.242. The van der Waals surface area contributed by atoms with Gasteiger partial charge in [-0.15, -0.1) is 11.3 Å². The number of sulfonamides is 1. The van der Waals surface area contributed by atoms with Crippen LogP contribution in [0.15, 0.2) is 21.7 Å². The quantitative estimate of drug-likeness (QED) is 0.705. The Morgan fingerprint density at radius 1 is 1.21 bits per heavy atom. The summed E-state index contributed by atoms with van der Waals surface area (Å²) in [7, 11) is -1.24. The number of carbonyl (C=O) groups is 1. The zero-order valence-corrected chi connectivity index (χ0v) is 18.5. The summed E-state index contributed by atoms with van der Waals surface area (Å²) < 4.78 is 27.2. The average Bonchev–Trinajstić information content (AvgIpc) is 3.25. The van der Waals surface area contributed by atoms with Crippen LogP contribution in [-0.2, 0) is 14.8 Å². The van der Waals surface area contributed by atoms with Crippen LogP contribution in [0, 0.1) is 11.8 Å². The highest BCUT2D eigenvalue weighted by Crippen LogP contribution is 2.29. The van der Waals surface area contributed by atoms with E-state index in [-0.39, 0.29) is 17.7 Å². The van der Waals surface area contributed by atoms with Crippen LogP contribution in [0.5, 0.6) is 0 Å². The Hall–Kier alpha value is -1.00. The van der Waals surface area contributed by atoms with Crippen LogP contribution in [0.3, 0.4) is 0 Å². The Balaban J connectivity index is 1.40. The molecule has 9 heteroatoms. The lowest BCUT2D eigenvalue weighted by molar-refractivity contribution is -0.126. The minimum Gasteiger partial charge on any atom is -0.355 e. The Morgan fingerprint density at radius 3 is 2.50 bits per heavy atom. The third-order valence-electron chi connectivity index (χ3n) is 6.03. The minimum atomic E-state index is -3.38. The fourth-order valence-corrected chi connectivity index (χ4v) is 6.55. The lowest BCUT2D eigenvalue weighted by Crippen LogP contribution is -2.47. The van der Waals surface area contributed by atoms with Crippen molar-refractivity contribution in [2.24, 2.45) is 11.8 Å². The number of hydrogen-bond acceptors (Lipinski definition) is 6. The summed E-state index contributed by atoms with van der Waals surface area (Å²) in [5.41, 5.74) is 0. The molecule has 0 radical (unpaired) electrons. The molecule has 1 amide bonds. The van der Waals surface area contributed by atoms with E-state index in [1.165, 1.54) is 11.3 Å². The SMILES string of the molecule is CC(C(=O)NCCN1CCN(C)CC1)C1CCN(S(=O)(=O)c2cccs2)CC1. The van der Waals surface area contributed by atoms with Crippen LogP contribution in [0.2, 0.25) is 0 Å². The fraction of sp³-hybridized carbons (Fsp3) is 0.737. The monoisotopic (exact) mass is 428 g/mol. The molecule has 1 unspecified atom stereocenters. The maximum atomic E-state index is 12.6. The number of carbonyl (C=O) groups excluding carboxylic acids is 1. The van der Waals surface area contributed by atoms with Gasteiger partial charge in [-0.2, -0.15) is 4.31 Å². The molecule has 2 aliphatic heterocycles. The molecule has 1 atom stereocenters. The van der Waals surface area contributed by atoms with Gasteiger partial charge in [0.15, 0.2) is 0 Å². The molecule has 28 heavy (non-hydrogen) atoms. The van der Waals surface area contributed by atoms with E-state index in [9.17, 15) is 13.2 Å². The van der Waals surface area contributed by atoms with E-state index in [4.69, 9.17) is 0 Å². The number of hydrogen-bond donors (Lipinski definition) is 1. The predicted octanol–water partition coefficient (Wildman–Crippen LogP) is 1.15. The van der Waals surface area contributed by atoms with Crippen molar-refractivity contribution in [3.63, 3.8) is 0 Å². The Morgan fingerprint density at radius 2 is 1.89 bits per heavy atom. The van der Waals surface area contributed by atoms with Gasteiger partial charge in [0.05, 0.1) is 0 Å². The van der Waals surface area contributed by atoms with Crippen LogP contribution in [0.25, 0.3) is 0 Å². The third-order valence-corrected chi connectivity index (χ3v) is 9.30. The van der Waals surface area contributed by atoms with Gasteiger partial charge in [-0.05, 0) is 37.3 Å². The van der Waals surface area contributed by atoms with Crippen molar-refractivity contribution in [2.45, 2.75) is 24.0 Å². The van der Waals surface area contributed by atoms with E-state index in [0.717, 1.165) is 45.6 Å². The first-order chi connectivity index (χ1) is 13.4. The van der Waals surface area contributed by atoms with Gasteiger partial charge in [0.2, 0.25) is 5.91 Å². The van der Waals surface area contributed by atoms with Gasteiger partial charge in [-0.3, -0.25) is 9.69 Å². The van der Waals surface area contributed by atoms with Gasteiger partial charge in [-0.1, -0.05) is 13.0 Å². The normalized spacial score (nSPS) is 22.2. The van der Waals surface area contributed by atoms with Crippen molar-refractivity contribution >= 4 is 27.3 Å². The van der Waals surface area contributed by atoms with E-state index in [0.29, 0.717) is 23.8 Å². The summed E-state index contributed by atoms with van der Waals surface area (Å²) in [5, 5.41) is 4.86. The molecule has 0 spiro atoms. The maximum absolute atomic E-state index is 12.6. The fourth-order valence-electron chi connectivity index (χ4n) is 3.94. The van der Waals surface area contributed by atoms with Crippen LogP contribution in [0.4, 0.5) is 0 Å². The molecule has 1 aromatic rings. The molecule has 0 bridgehead atoms. The molecular weight excluding hydrogens is 396 g/mol. The molecule has 158 valence electrons. The van der Waals surface area contributed by atoms with E-state index >= 15 is 0 Å². The molecular formula is C19H32N4O3S2. The van der Waals surface area contributed by atoms with Gasteiger partial charge in [0.25, 0.3) is 10.0 Å². The average molecular weight is 429 g/mol. The maximum Gasteiger partial charge on any atom is 0.252 e. The zero-order chi connectivity index (χ0) is 20.1. The van der Waals surface area contributed by atoms with E-state index in [1.54, 1.807) is 21.8 Å². The first-order valence-electron chi connectivity index (χ1n) is 10.1. The number of rotatable bonds is 7. The van der Waals surface area contributed by atoms with Gasteiger partial charge in [0.1, 0.15) is 4.21 Å². The first kappa shape index (κ1) is 21.7. The highest BCUT2D eigenvalue weighted by atomic mass is 32.2. The van der Waals surface area contributed by atoms with Crippen molar-refractivity contribution in [1.29, 1.82) is 0 Å². The summed E-state index contributed by atoms with van der Waals surface area (Å²) in [6.07, 6.45) is 1.47. The molecule has 7 nitrogen and oxygen atoms in total. The number of piperidine rings is 1. The van der Waals surface area contributed by atoms with Gasteiger partial charge in [-0.25, -0.2) is 8.42 Å². The molecule has 2 aliphatic rings. The second-order valence-electron chi connectivity index (χ2n) is 7.90. The first-order valence-corrected chi connectivity index (χ1v) is 12.4. The van der Waals surface area contributed by atoms with Crippen molar-refractivity contribution in [3.8, 4) is 0 Å².